The first-order valence-electron chi connectivity index (χ1n) is 9.40. The highest BCUT2D eigenvalue weighted by molar-refractivity contribution is 7.93. The second kappa shape index (κ2) is 9.00. The molecule has 0 unspecified atom stereocenters. The number of para-hydroxylation sites is 1. The zero-order valence-corrected chi connectivity index (χ0v) is 17.9. The van der Waals surface area contributed by atoms with E-state index in [1.54, 1.807) is 61.5 Å². The quantitative estimate of drug-likeness (QED) is 0.618. The zero-order chi connectivity index (χ0) is 21.7. The van der Waals surface area contributed by atoms with E-state index in [4.69, 9.17) is 4.74 Å². The van der Waals surface area contributed by atoms with E-state index in [-0.39, 0.29) is 17.2 Å². The molecule has 0 spiro atoms. The van der Waals surface area contributed by atoms with Crippen molar-refractivity contribution in [2.45, 2.75) is 18.7 Å². The molecule has 0 heterocycles. The second-order valence-electron chi connectivity index (χ2n) is 6.92. The normalized spacial score (nSPS) is 11.0. The third-order valence-electron chi connectivity index (χ3n) is 4.52. The van der Waals surface area contributed by atoms with Crippen LogP contribution in [-0.2, 0) is 14.8 Å². The van der Waals surface area contributed by atoms with Crippen LogP contribution in [0.4, 0.5) is 11.4 Å². The predicted molar refractivity (Wildman–Crippen MR) is 119 cm³/mol. The molecule has 3 aromatic carbocycles. The number of ether oxygens (including phenoxy) is 1. The molecule has 6 nitrogen and oxygen atoms in total. The molecule has 3 rings (SSSR count). The highest BCUT2D eigenvalue weighted by Gasteiger charge is 2.30. The Balaban J connectivity index is 1.99. The Bertz CT molecular complexity index is 1140. The third-order valence-corrected chi connectivity index (χ3v) is 6.32. The van der Waals surface area contributed by atoms with E-state index in [1.807, 2.05) is 25.1 Å². The molecule has 30 heavy (non-hydrogen) atoms. The molecule has 0 aliphatic rings. The molecule has 156 valence electrons. The van der Waals surface area contributed by atoms with Crippen molar-refractivity contribution >= 4 is 27.3 Å². The molecule has 0 bridgehead atoms. The van der Waals surface area contributed by atoms with E-state index < -0.39 is 15.9 Å². The molecule has 0 atom stereocenters. The van der Waals surface area contributed by atoms with Crippen molar-refractivity contribution in [3.8, 4) is 5.75 Å². The molecular weight excluding hydrogens is 400 g/mol. The van der Waals surface area contributed by atoms with Gasteiger partial charge in [0.2, 0.25) is 5.91 Å². The van der Waals surface area contributed by atoms with Gasteiger partial charge in [-0.05, 0) is 61.4 Å². The fourth-order valence-corrected chi connectivity index (χ4v) is 4.73. The fraction of sp³-hybridized carbons (Fsp3) is 0.174. The number of rotatable bonds is 7. The Morgan fingerprint density at radius 1 is 0.933 bits per heavy atom. The molecule has 0 aliphatic carbocycles. The maximum atomic E-state index is 13.6. The largest absolute Gasteiger partial charge is 0.495 e. The maximum Gasteiger partial charge on any atom is 0.268 e. The summed E-state index contributed by atoms with van der Waals surface area (Å²) < 4.78 is 33.5. The number of hydrogen-bond acceptors (Lipinski definition) is 4. The van der Waals surface area contributed by atoms with Crippen molar-refractivity contribution in [1.82, 2.24) is 0 Å². The second-order valence-corrected chi connectivity index (χ2v) is 8.75. The topological polar surface area (TPSA) is 75.7 Å². The number of benzene rings is 3. The average Bonchev–Trinajstić information content (AvgIpc) is 2.72. The summed E-state index contributed by atoms with van der Waals surface area (Å²) in [6.07, 6.45) is 0. The Hall–Kier alpha value is -3.32. The van der Waals surface area contributed by atoms with E-state index in [2.05, 4.69) is 5.32 Å². The van der Waals surface area contributed by atoms with E-state index >= 15 is 0 Å². The van der Waals surface area contributed by atoms with Crippen LogP contribution in [0, 0.1) is 13.8 Å². The molecule has 1 amide bonds. The molecule has 0 aromatic heterocycles. The first-order chi connectivity index (χ1) is 14.3. The third kappa shape index (κ3) is 4.80. The standard InChI is InChI=1S/C23H24N2O4S/c1-17-8-7-9-19(14-17)24-23(26)16-25(20-10-5-4-6-11-20)30(27,28)22-15-18(2)12-13-21(22)29-3/h4-15H,16H2,1-3H3,(H,24,26). The van der Waals surface area contributed by atoms with Gasteiger partial charge in [-0.3, -0.25) is 9.10 Å². The molecule has 0 radical (unpaired) electrons. The van der Waals surface area contributed by atoms with E-state index in [0.29, 0.717) is 11.4 Å². The monoisotopic (exact) mass is 424 g/mol. The smallest absolute Gasteiger partial charge is 0.268 e. The predicted octanol–water partition coefficient (Wildman–Crippen LogP) is 4.15. The number of aryl methyl sites for hydroxylation is 2. The number of hydrogen-bond donors (Lipinski definition) is 1. The summed E-state index contributed by atoms with van der Waals surface area (Å²) in [5.41, 5.74) is 2.76. The minimum absolute atomic E-state index is 0.0113. The summed E-state index contributed by atoms with van der Waals surface area (Å²) in [5, 5.41) is 2.77. The van der Waals surface area contributed by atoms with Crippen LogP contribution >= 0.6 is 0 Å². The van der Waals surface area contributed by atoms with Crippen LogP contribution in [0.15, 0.2) is 77.7 Å². The average molecular weight is 425 g/mol. The molecule has 0 aliphatic heterocycles. The van der Waals surface area contributed by atoms with Crippen molar-refractivity contribution in [3.63, 3.8) is 0 Å². The molecule has 7 heteroatoms. The first kappa shape index (κ1) is 21.4. The van der Waals surface area contributed by atoms with Crippen LogP contribution in [-0.4, -0.2) is 28.0 Å². The van der Waals surface area contributed by atoms with Crippen LogP contribution in [0.1, 0.15) is 11.1 Å². The Morgan fingerprint density at radius 2 is 1.63 bits per heavy atom. The van der Waals surface area contributed by atoms with Crippen LogP contribution in [0.2, 0.25) is 0 Å². The van der Waals surface area contributed by atoms with Crippen LogP contribution < -0.4 is 14.4 Å². The summed E-state index contributed by atoms with van der Waals surface area (Å²) in [5.74, 6) is -0.222. The molecule has 1 N–H and O–H groups in total. The highest BCUT2D eigenvalue weighted by atomic mass is 32.2. The SMILES string of the molecule is COc1ccc(C)cc1S(=O)(=O)N(CC(=O)Nc1cccc(C)c1)c1ccccc1. The van der Waals surface area contributed by atoms with Gasteiger partial charge in [0, 0.05) is 5.69 Å². The lowest BCUT2D eigenvalue weighted by molar-refractivity contribution is -0.114. The van der Waals surface area contributed by atoms with Crippen LogP contribution in [0.5, 0.6) is 5.75 Å². The van der Waals surface area contributed by atoms with Crippen LogP contribution in [0.3, 0.4) is 0 Å². The summed E-state index contributed by atoms with van der Waals surface area (Å²) in [6.45, 7) is 3.34. The lowest BCUT2D eigenvalue weighted by atomic mass is 10.2. The molecule has 0 saturated heterocycles. The molecule has 0 saturated carbocycles. The van der Waals surface area contributed by atoms with Gasteiger partial charge in [0.1, 0.15) is 17.2 Å². The van der Waals surface area contributed by atoms with Crippen molar-refractivity contribution in [1.29, 1.82) is 0 Å². The number of amides is 1. The fourth-order valence-electron chi connectivity index (χ4n) is 3.07. The molecular formula is C23H24N2O4S. The Morgan fingerprint density at radius 3 is 2.30 bits per heavy atom. The van der Waals surface area contributed by atoms with Gasteiger partial charge >= 0.3 is 0 Å². The van der Waals surface area contributed by atoms with Gasteiger partial charge in [-0.25, -0.2) is 8.42 Å². The van der Waals surface area contributed by atoms with E-state index in [1.165, 1.54) is 7.11 Å². The van der Waals surface area contributed by atoms with Gasteiger partial charge in [-0.15, -0.1) is 0 Å². The van der Waals surface area contributed by atoms with Crippen molar-refractivity contribution in [2.24, 2.45) is 0 Å². The van der Waals surface area contributed by atoms with Crippen molar-refractivity contribution < 1.29 is 17.9 Å². The zero-order valence-electron chi connectivity index (χ0n) is 17.1. The minimum Gasteiger partial charge on any atom is -0.495 e. The number of nitrogens with one attached hydrogen (secondary N) is 1. The van der Waals surface area contributed by atoms with Gasteiger partial charge < -0.3 is 10.1 Å². The summed E-state index contributed by atoms with van der Waals surface area (Å²) >= 11 is 0. The highest BCUT2D eigenvalue weighted by Crippen LogP contribution is 2.30. The number of methoxy groups -OCH3 is 1. The maximum absolute atomic E-state index is 13.6. The van der Waals surface area contributed by atoms with Gasteiger partial charge in [0.15, 0.2) is 0 Å². The van der Waals surface area contributed by atoms with Gasteiger partial charge in [-0.1, -0.05) is 36.4 Å². The van der Waals surface area contributed by atoms with Gasteiger partial charge in [0.05, 0.1) is 12.8 Å². The number of anilines is 2. The van der Waals surface area contributed by atoms with Gasteiger partial charge in [0.25, 0.3) is 10.0 Å². The van der Waals surface area contributed by atoms with Crippen LogP contribution in [0.25, 0.3) is 0 Å². The molecule has 0 fully saturated rings. The number of carbonyl (C=O) groups excluding carboxylic acids is 1. The van der Waals surface area contributed by atoms with E-state index in [0.717, 1.165) is 15.4 Å². The lowest BCUT2D eigenvalue weighted by Crippen LogP contribution is -2.38. The summed E-state index contributed by atoms with van der Waals surface area (Å²) in [4.78, 5) is 12.8. The number of carbonyl (C=O) groups is 1. The van der Waals surface area contributed by atoms with Gasteiger partial charge in [-0.2, -0.15) is 0 Å². The number of sulfonamides is 1. The lowest BCUT2D eigenvalue weighted by Gasteiger charge is -2.25. The number of nitrogens with zero attached hydrogens (tertiary/aromatic N) is 1. The summed E-state index contributed by atoms with van der Waals surface area (Å²) in [7, 11) is -2.65. The minimum atomic E-state index is -4.07. The van der Waals surface area contributed by atoms with Crippen molar-refractivity contribution in [2.75, 3.05) is 23.3 Å². The van der Waals surface area contributed by atoms with Crippen molar-refractivity contribution in [3.05, 3.63) is 83.9 Å². The first-order valence-corrected chi connectivity index (χ1v) is 10.8. The van der Waals surface area contributed by atoms with E-state index in [9.17, 15) is 13.2 Å². The molecule has 3 aromatic rings. The summed E-state index contributed by atoms with van der Waals surface area (Å²) in [6, 6.07) is 20.8. The Kier molecular flexibility index (Phi) is 6.42. The Labute approximate surface area is 177 Å².